The van der Waals surface area contributed by atoms with Crippen LogP contribution in [0.3, 0.4) is 0 Å². The van der Waals surface area contributed by atoms with E-state index in [1.54, 1.807) is 27.7 Å². The molecule has 2 aromatic carbocycles. The highest BCUT2D eigenvalue weighted by molar-refractivity contribution is 7.99. The number of thioether (sulfide) groups is 1. The number of aryl methyl sites for hydroxylation is 1. The van der Waals surface area contributed by atoms with Gasteiger partial charge in [-0.3, -0.25) is 67.2 Å². The first-order valence-electron chi connectivity index (χ1n) is 26.3. The smallest absolute Gasteiger partial charge is 0.304 e. The first kappa shape index (κ1) is 66.9. The van der Waals surface area contributed by atoms with Gasteiger partial charge in [0.05, 0.1) is 23.8 Å². The summed E-state index contributed by atoms with van der Waals surface area (Å²) in [5.41, 5.74) is 24.3. The van der Waals surface area contributed by atoms with Gasteiger partial charge in [0, 0.05) is 24.8 Å². The quantitative estimate of drug-likeness (QED) is 0.0192. The standard InChI is InChI=1S/C52H76N12O14S2/c1-6-30(5)45(61-46(70)33(53)26-32-16-14-31(7-2)15-17-32)50(74)57-34(18-19-41(54)65)47(71)59-36(27-42(55)66)48(72)58-35(20-23-79-24-21-44(68)69)51(75)62-22-10-12-39(62)49(73)60-37(25-29(3)4)52(76)63(28-43(56)67)80-40-13-9-8-11-38(40)64(77)78/h8-9,11,13-17,29-30,33-37,39,45H,6-7,10,12,18-28,53H2,1-5H3,(H2,54,65)(H2,55,66)(H2,56,67)(H,57,74)(H,58,72)(H,59,71)(H,60,73)(H,61,70)(H,68,69)/t30-,33-,34-,35-,36-,37-,39-,45-/m0/s1. The number of nitro benzene ring substituents is 1. The second-order valence-electron chi connectivity index (χ2n) is 19.8. The van der Waals surface area contributed by atoms with Crippen molar-refractivity contribution in [3.63, 3.8) is 0 Å². The maximum atomic E-state index is 14.6. The van der Waals surface area contributed by atoms with E-state index in [1.165, 1.54) is 29.2 Å². The fourth-order valence-electron chi connectivity index (χ4n) is 8.45. The zero-order valence-electron chi connectivity index (χ0n) is 45.6. The zero-order valence-corrected chi connectivity index (χ0v) is 47.3. The molecule has 26 nitrogen and oxygen atoms in total. The second-order valence-corrected chi connectivity index (χ2v) is 22.1. The number of carboxylic acids is 1. The number of amides is 10. The van der Waals surface area contributed by atoms with Crippen molar-refractivity contribution in [2.75, 3.05) is 24.6 Å². The fourth-order valence-corrected chi connectivity index (χ4v) is 10.4. The third kappa shape index (κ3) is 22.1. The molecule has 10 amide bonds. The molecule has 1 fully saturated rings. The Morgan fingerprint density at radius 2 is 1.38 bits per heavy atom. The Kier molecular flexibility index (Phi) is 27.9. The highest BCUT2D eigenvalue weighted by atomic mass is 32.2. The number of para-hydroxylation sites is 1. The number of benzene rings is 2. The predicted octanol–water partition coefficient (Wildman–Crippen LogP) is 0.294. The molecule has 28 heteroatoms. The van der Waals surface area contributed by atoms with Crippen LogP contribution in [0.15, 0.2) is 53.4 Å². The summed E-state index contributed by atoms with van der Waals surface area (Å²) in [5.74, 6) is -10.6. The van der Waals surface area contributed by atoms with Crippen LogP contribution >= 0.6 is 23.7 Å². The summed E-state index contributed by atoms with van der Waals surface area (Å²) in [6, 6.07) is 3.27. The number of primary amides is 3. The van der Waals surface area contributed by atoms with Crippen LogP contribution in [0.5, 0.6) is 0 Å². The average Bonchev–Trinajstić information content (AvgIpc) is 3.90. The first-order chi connectivity index (χ1) is 37.8. The van der Waals surface area contributed by atoms with Crippen LogP contribution in [-0.2, 0) is 65.6 Å². The van der Waals surface area contributed by atoms with Crippen molar-refractivity contribution < 1.29 is 62.8 Å². The fraction of sp³-hybridized carbons (Fsp3) is 0.558. The summed E-state index contributed by atoms with van der Waals surface area (Å²) in [4.78, 5) is 159. The van der Waals surface area contributed by atoms with Crippen LogP contribution in [0.25, 0.3) is 0 Å². The van der Waals surface area contributed by atoms with Crippen LogP contribution < -0.4 is 49.5 Å². The highest BCUT2D eigenvalue weighted by Gasteiger charge is 2.41. The van der Waals surface area contributed by atoms with E-state index in [-0.39, 0.29) is 73.1 Å². The maximum Gasteiger partial charge on any atom is 0.304 e. The Balaban J connectivity index is 1.91. The first-order valence-corrected chi connectivity index (χ1v) is 28.2. The molecule has 0 radical (unpaired) electrons. The molecule has 0 unspecified atom stereocenters. The number of nitrogens with zero attached hydrogens (tertiary/aromatic N) is 3. The Morgan fingerprint density at radius 1 is 0.750 bits per heavy atom. The van der Waals surface area contributed by atoms with Crippen molar-refractivity contribution in [1.82, 2.24) is 35.8 Å². The lowest BCUT2D eigenvalue weighted by Gasteiger charge is -2.32. The van der Waals surface area contributed by atoms with E-state index < -0.39 is 144 Å². The van der Waals surface area contributed by atoms with Crippen molar-refractivity contribution in [1.29, 1.82) is 0 Å². The summed E-state index contributed by atoms with van der Waals surface area (Å²) < 4.78 is 0.911. The van der Waals surface area contributed by atoms with Crippen LogP contribution in [0.2, 0.25) is 0 Å². The third-order valence-corrected chi connectivity index (χ3v) is 15.1. The number of rotatable bonds is 35. The molecule has 2 aromatic rings. The van der Waals surface area contributed by atoms with E-state index >= 15 is 0 Å². The van der Waals surface area contributed by atoms with Crippen molar-refractivity contribution in [3.05, 3.63) is 69.8 Å². The molecule has 0 spiro atoms. The minimum atomic E-state index is -1.81. The van der Waals surface area contributed by atoms with Gasteiger partial charge in [-0.1, -0.05) is 77.4 Å². The van der Waals surface area contributed by atoms with E-state index in [4.69, 9.17) is 22.9 Å². The van der Waals surface area contributed by atoms with Crippen LogP contribution in [0.1, 0.15) is 104 Å². The molecule has 0 saturated carbocycles. The van der Waals surface area contributed by atoms with Gasteiger partial charge in [-0.25, -0.2) is 0 Å². The largest absolute Gasteiger partial charge is 0.481 e. The highest BCUT2D eigenvalue weighted by Crippen LogP contribution is 2.32. The molecule has 1 heterocycles. The summed E-state index contributed by atoms with van der Waals surface area (Å²) in [7, 11) is 0. The monoisotopic (exact) mass is 1160 g/mol. The van der Waals surface area contributed by atoms with Gasteiger partial charge in [-0.2, -0.15) is 11.8 Å². The number of aliphatic carboxylic acids is 1. The van der Waals surface area contributed by atoms with Crippen LogP contribution in [0, 0.1) is 22.0 Å². The van der Waals surface area contributed by atoms with Crippen molar-refractivity contribution in [2.45, 2.75) is 152 Å². The van der Waals surface area contributed by atoms with Gasteiger partial charge in [-0.15, -0.1) is 0 Å². The lowest BCUT2D eigenvalue weighted by atomic mass is 9.96. The molecule has 3 rings (SSSR count). The molecule has 8 atom stereocenters. The van der Waals surface area contributed by atoms with Gasteiger partial charge in [0.15, 0.2) is 0 Å². The number of carboxylic acid groups (broad SMARTS) is 1. The summed E-state index contributed by atoms with van der Waals surface area (Å²) in [5, 5.41) is 33.9. The lowest BCUT2D eigenvalue weighted by Crippen LogP contribution is -2.61. The van der Waals surface area contributed by atoms with E-state index in [0.717, 1.165) is 33.6 Å². The van der Waals surface area contributed by atoms with Gasteiger partial charge in [0.1, 0.15) is 47.7 Å². The summed E-state index contributed by atoms with van der Waals surface area (Å²) in [6.07, 6.45) is -0.348. The van der Waals surface area contributed by atoms with Crippen LogP contribution in [-0.4, -0.2) is 151 Å². The van der Waals surface area contributed by atoms with E-state index in [0.29, 0.717) is 18.4 Å². The zero-order chi connectivity index (χ0) is 59.8. The molecule has 1 saturated heterocycles. The molecule has 440 valence electrons. The van der Waals surface area contributed by atoms with Gasteiger partial charge in [0.2, 0.25) is 53.2 Å². The number of likely N-dealkylation sites (tertiary alicyclic amines) is 1. The Hall–Kier alpha value is -7.33. The Bertz CT molecular complexity index is 2540. The minimum absolute atomic E-state index is 0.00905. The molecular weight excluding hydrogens is 1080 g/mol. The second kappa shape index (κ2) is 33.3. The van der Waals surface area contributed by atoms with Crippen molar-refractivity contribution >= 4 is 94.4 Å². The molecule has 80 heavy (non-hydrogen) atoms. The lowest BCUT2D eigenvalue weighted by molar-refractivity contribution is -0.387. The summed E-state index contributed by atoms with van der Waals surface area (Å²) in [6.45, 7) is 8.27. The topological polar surface area (TPSA) is 422 Å². The minimum Gasteiger partial charge on any atom is -0.481 e. The van der Waals surface area contributed by atoms with Crippen LogP contribution in [0.4, 0.5) is 5.69 Å². The Morgan fingerprint density at radius 3 is 1.96 bits per heavy atom. The van der Waals surface area contributed by atoms with Gasteiger partial charge < -0.3 is 59.5 Å². The van der Waals surface area contributed by atoms with Gasteiger partial charge >= 0.3 is 5.97 Å². The van der Waals surface area contributed by atoms with Crippen molar-refractivity contribution in [2.24, 2.45) is 34.8 Å². The van der Waals surface area contributed by atoms with Gasteiger partial charge in [0.25, 0.3) is 11.6 Å². The molecule has 0 aliphatic carbocycles. The number of nitrogens with two attached hydrogens (primary N) is 4. The number of nitro groups is 1. The third-order valence-electron chi connectivity index (χ3n) is 13.0. The Labute approximate surface area is 472 Å². The maximum absolute atomic E-state index is 14.6. The number of carbonyl (C=O) groups is 11. The van der Waals surface area contributed by atoms with E-state index in [2.05, 4.69) is 26.6 Å². The number of hydrogen-bond donors (Lipinski definition) is 10. The van der Waals surface area contributed by atoms with E-state index in [9.17, 15) is 68.0 Å². The summed E-state index contributed by atoms with van der Waals surface area (Å²) >= 11 is 1.72. The molecule has 1 aliphatic rings. The normalized spacial score (nSPS) is 15.6. The molecule has 0 aromatic heterocycles. The average molecular weight is 1160 g/mol. The van der Waals surface area contributed by atoms with E-state index in [1.807, 2.05) is 31.2 Å². The predicted molar refractivity (Wildman–Crippen MR) is 297 cm³/mol. The molecule has 1 aliphatic heterocycles. The van der Waals surface area contributed by atoms with Gasteiger partial charge in [-0.05, 0) is 91.7 Å². The number of nitrogens with one attached hydrogen (secondary N) is 5. The number of hydrogen-bond acceptors (Lipinski definition) is 16. The van der Waals surface area contributed by atoms with Crippen molar-refractivity contribution in [3.8, 4) is 0 Å². The molecular formula is C52H76N12O14S2. The molecule has 14 N–H and O–H groups in total. The SMILES string of the molecule is CCc1ccc(C[C@H](N)C(=O)N[C@H](C(=O)N[C@@H](CCC(N)=O)C(=O)N[C@@H](CC(N)=O)C(=O)N[C@@H](CCSCCC(=O)O)C(=O)N2CCC[C@H]2C(=O)N[C@@H](CC(C)C)C(=O)N(CC(N)=O)Sc2ccccc2[N+](=O)[O-])[C@@H](C)CC)cc1. The molecule has 0 bridgehead atoms. The number of carbonyl (C=O) groups excluding carboxylic acids is 10.